The largest absolute Gasteiger partial charge is 0.412 e. The molecule has 1 aromatic heterocycles. The minimum atomic E-state index is 0. The minimum Gasteiger partial charge on any atom is -0.412 e. The van der Waals surface area contributed by atoms with E-state index in [-0.39, 0.29) is 36.2 Å². The molecule has 8 heteroatoms. The second-order valence-electron chi connectivity index (χ2n) is 7.63. The number of piperidine rings is 1. The number of hydrogen-bond acceptors (Lipinski definition) is 4. The zero-order chi connectivity index (χ0) is 19.9. The summed E-state index contributed by atoms with van der Waals surface area (Å²) in [5, 5.41) is 11.3. The molecule has 4 rings (SSSR count). The molecule has 0 aliphatic carbocycles. The standard InChI is InChI=1S/C24H26N4O.2ClH.H2O/c29-24(25-23-12-11-22(26-27-23)21-9-5-2-6-10-21)17-19-13-15-28(16-14-19)18-20-7-3-1-4-8-20;;;/h1-12,19H,13-18H2,(H,25,27,29);2*1H;1H2. The number of benzene rings is 2. The summed E-state index contributed by atoms with van der Waals surface area (Å²) in [5.41, 5.74) is 3.16. The van der Waals surface area contributed by atoms with Gasteiger partial charge in [-0.2, -0.15) is 0 Å². The maximum absolute atomic E-state index is 12.4. The molecule has 32 heavy (non-hydrogen) atoms. The fourth-order valence-corrected chi connectivity index (χ4v) is 3.81. The lowest BCUT2D eigenvalue weighted by Gasteiger charge is -2.31. The number of aromatic nitrogens is 2. The molecule has 0 atom stereocenters. The van der Waals surface area contributed by atoms with Gasteiger partial charge in [0.05, 0.1) is 5.69 Å². The lowest BCUT2D eigenvalue weighted by atomic mass is 9.93. The van der Waals surface area contributed by atoms with Crippen molar-refractivity contribution in [3.8, 4) is 11.3 Å². The summed E-state index contributed by atoms with van der Waals surface area (Å²) in [6, 6.07) is 24.2. The summed E-state index contributed by atoms with van der Waals surface area (Å²) >= 11 is 0. The van der Waals surface area contributed by atoms with Crippen molar-refractivity contribution in [2.45, 2.75) is 25.8 Å². The van der Waals surface area contributed by atoms with Crippen LogP contribution in [0.3, 0.4) is 0 Å². The number of hydrogen-bond donors (Lipinski definition) is 1. The Kier molecular flexibility index (Phi) is 11.9. The van der Waals surface area contributed by atoms with Crippen molar-refractivity contribution >= 4 is 36.5 Å². The predicted octanol–water partition coefficient (Wildman–Crippen LogP) is 4.40. The molecule has 0 bridgehead atoms. The molecule has 2 heterocycles. The van der Waals surface area contributed by atoms with Crippen molar-refractivity contribution in [1.29, 1.82) is 0 Å². The van der Waals surface area contributed by atoms with Crippen LogP contribution in [0, 0.1) is 5.92 Å². The van der Waals surface area contributed by atoms with Crippen molar-refractivity contribution in [3.05, 3.63) is 78.4 Å². The third kappa shape index (κ3) is 7.88. The number of halogens is 2. The molecule has 6 nitrogen and oxygen atoms in total. The van der Waals surface area contributed by atoms with Gasteiger partial charge in [-0.1, -0.05) is 60.7 Å². The number of nitrogens with zero attached hydrogens (tertiary/aromatic N) is 3. The predicted molar refractivity (Wildman–Crippen MR) is 133 cm³/mol. The molecule has 0 unspecified atom stereocenters. The highest BCUT2D eigenvalue weighted by molar-refractivity contribution is 5.89. The maximum atomic E-state index is 12.4. The van der Waals surface area contributed by atoms with Crippen molar-refractivity contribution in [1.82, 2.24) is 15.1 Å². The van der Waals surface area contributed by atoms with Crippen LogP contribution in [0.2, 0.25) is 0 Å². The van der Waals surface area contributed by atoms with Gasteiger partial charge in [0, 0.05) is 18.5 Å². The van der Waals surface area contributed by atoms with Crippen LogP contribution in [0.15, 0.2) is 72.8 Å². The number of amides is 1. The molecule has 2 aromatic carbocycles. The van der Waals surface area contributed by atoms with Crippen LogP contribution in [0.4, 0.5) is 5.82 Å². The smallest absolute Gasteiger partial charge is 0.225 e. The molecule has 1 amide bonds. The summed E-state index contributed by atoms with van der Waals surface area (Å²) in [4.78, 5) is 14.9. The Morgan fingerprint density at radius 2 is 1.50 bits per heavy atom. The van der Waals surface area contributed by atoms with Crippen LogP contribution < -0.4 is 5.32 Å². The third-order valence-electron chi connectivity index (χ3n) is 5.43. The number of likely N-dealkylation sites (tertiary alicyclic amines) is 1. The Bertz CT molecular complexity index is 920. The molecular weight excluding hydrogens is 447 g/mol. The Morgan fingerprint density at radius 3 is 2.09 bits per heavy atom. The normalized spacial score (nSPS) is 13.8. The first-order chi connectivity index (χ1) is 14.3. The van der Waals surface area contributed by atoms with E-state index in [4.69, 9.17) is 0 Å². The molecule has 0 spiro atoms. The highest BCUT2D eigenvalue weighted by Crippen LogP contribution is 2.23. The topological polar surface area (TPSA) is 89.6 Å². The van der Waals surface area contributed by atoms with Gasteiger partial charge in [0.25, 0.3) is 0 Å². The number of carbonyl (C=O) groups is 1. The summed E-state index contributed by atoms with van der Waals surface area (Å²) in [5.74, 6) is 0.961. The molecule has 1 saturated heterocycles. The van der Waals surface area contributed by atoms with Crippen LogP contribution >= 0.6 is 24.8 Å². The lowest BCUT2D eigenvalue weighted by Crippen LogP contribution is -2.34. The first-order valence-electron chi connectivity index (χ1n) is 10.2. The minimum absolute atomic E-state index is 0. The second-order valence-corrected chi connectivity index (χ2v) is 7.63. The van der Waals surface area contributed by atoms with Gasteiger partial charge in [-0.3, -0.25) is 9.69 Å². The summed E-state index contributed by atoms with van der Waals surface area (Å²) in [7, 11) is 0. The van der Waals surface area contributed by atoms with Crippen LogP contribution in [-0.2, 0) is 11.3 Å². The fraction of sp³-hybridized carbons (Fsp3) is 0.292. The molecular formula is C24H30Cl2N4O2. The monoisotopic (exact) mass is 476 g/mol. The van der Waals surface area contributed by atoms with Crippen molar-refractivity contribution in [3.63, 3.8) is 0 Å². The van der Waals surface area contributed by atoms with Crippen LogP contribution in [-0.4, -0.2) is 39.6 Å². The highest BCUT2D eigenvalue weighted by Gasteiger charge is 2.21. The summed E-state index contributed by atoms with van der Waals surface area (Å²) in [6.45, 7) is 3.07. The van der Waals surface area contributed by atoms with Gasteiger partial charge in [-0.25, -0.2) is 0 Å². The lowest BCUT2D eigenvalue weighted by molar-refractivity contribution is -0.117. The van der Waals surface area contributed by atoms with Crippen molar-refractivity contribution in [2.75, 3.05) is 18.4 Å². The molecule has 1 aliphatic heterocycles. The Labute approximate surface area is 201 Å². The van der Waals surface area contributed by atoms with E-state index in [2.05, 4.69) is 44.7 Å². The van der Waals surface area contributed by atoms with Crippen LogP contribution in [0.5, 0.6) is 0 Å². The number of nitrogens with one attached hydrogen (secondary N) is 1. The average molecular weight is 477 g/mol. The second kappa shape index (κ2) is 13.8. The number of anilines is 1. The van der Waals surface area contributed by atoms with Gasteiger partial charge < -0.3 is 10.8 Å². The van der Waals surface area contributed by atoms with E-state index in [1.807, 2.05) is 48.5 Å². The van der Waals surface area contributed by atoms with Gasteiger partial charge in [-0.05, 0) is 49.5 Å². The highest BCUT2D eigenvalue weighted by atomic mass is 35.5. The molecule has 1 aliphatic rings. The fourth-order valence-electron chi connectivity index (χ4n) is 3.81. The van der Waals surface area contributed by atoms with E-state index in [9.17, 15) is 4.79 Å². The van der Waals surface area contributed by atoms with E-state index in [1.54, 1.807) is 0 Å². The first-order valence-corrected chi connectivity index (χ1v) is 10.2. The average Bonchev–Trinajstić information content (AvgIpc) is 2.77. The number of rotatable bonds is 6. The van der Waals surface area contributed by atoms with Gasteiger partial charge >= 0.3 is 0 Å². The SMILES string of the molecule is Cl.Cl.O.O=C(CC1CCN(Cc2ccccc2)CC1)Nc1ccc(-c2ccccc2)nn1. The Morgan fingerprint density at radius 1 is 0.875 bits per heavy atom. The quantitative estimate of drug-likeness (QED) is 0.570. The molecule has 1 fully saturated rings. The zero-order valence-electron chi connectivity index (χ0n) is 17.8. The molecule has 3 aromatic rings. The molecule has 172 valence electrons. The van der Waals surface area contributed by atoms with Gasteiger partial charge in [0.1, 0.15) is 0 Å². The Balaban J connectivity index is 0.00000171. The Hall–Kier alpha value is -2.51. The third-order valence-corrected chi connectivity index (χ3v) is 5.43. The molecule has 0 saturated carbocycles. The maximum Gasteiger partial charge on any atom is 0.225 e. The summed E-state index contributed by atoms with van der Waals surface area (Å²) < 4.78 is 0. The van der Waals surface area contributed by atoms with Crippen molar-refractivity contribution < 1.29 is 10.3 Å². The van der Waals surface area contributed by atoms with E-state index in [0.29, 0.717) is 18.2 Å². The number of carbonyl (C=O) groups excluding carboxylic acids is 1. The van der Waals surface area contributed by atoms with Crippen LogP contribution in [0.25, 0.3) is 11.3 Å². The van der Waals surface area contributed by atoms with Crippen LogP contribution in [0.1, 0.15) is 24.8 Å². The van der Waals surface area contributed by atoms with Crippen molar-refractivity contribution in [2.24, 2.45) is 5.92 Å². The van der Waals surface area contributed by atoms with E-state index in [0.717, 1.165) is 43.7 Å². The van der Waals surface area contributed by atoms with E-state index in [1.165, 1.54) is 5.56 Å². The summed E-state index contributed by atoms with van der Waals surface area (Å²) in [6.07, 6.45) is 2.65. The molecule has 0 radical (unpaired) electrons. The van der Waals surface area contributed by atoms with Gasteiger partial charge in [0.15, 0.2) is 5.82 Å². The zero-order valence-corrected chi connectivity index (χ0v) is 19.4. The van der Waals surface area contributed by atoms with Gasteiger partial charge in [0.2, 0.25) is 5.91 Å². The van der Waals surface area contributed by atoms with Gasteiger partial charge in [-0.15, -0.1) is 35.0 Å². The van der Waals surface area contributed by atoms with E-state index >= 15 is 0 Å². The molecule has 3 N–H and O–H groups in total. The van der Waals surface area contributed by atoms with E-state index < -0.39 is 0 Å². The first kappa shape index (κ1) is 27.5.